The number of benzene rings is 1. The Hall–Kier alpha value is -3.42. The summed E-state index contributed by atoms with van der Waals surface area (Å²) in [4.78, 5) is 25.5. The molecule has 4 N–H and O–H groups in total. The molecule has 2 heterocycles. The van der Waals surface area contributed by atoms with Crippen LogP contribution in [0.4, 0.5) is 10.5 Å². The predicted molar refractivity (Wildman–Crippen MR) is 144 cm³/mol. The van der Waals surface area contributed by atoms with E-state index in [1.807, 2.05) is 30.7 Å². The van der Waals surface area contributed by atoms with Crippen molar-refractivity contribution in [2.75, 3.05) is 5.32 Å². The topological polar surface area (TPSA) is 156 Å². The van der Waals surface area contributed by atoms with Crippen LogP contribution in [0, 0.1) is 0 Å². The van der Waals surface area contributed by atoms with Gasteiger partial charge in [0, 0.05) is 47.5 Å². The SMILES string of the molecule is CC(C)n1ccc(S(=O)(=O)NC(=O)Nc2c(-c3ccc(=O)n(CC(C)(C)B(O)O)c3)ccc3c2CCC3)n1. The first-order valence-electron chi connectivity index (χ1n) is 12.4. The Balaban J connectivity index is 1.67. The minimum atomic E-state index is -4.21. The minimum Gasteiger partial charge on any atom is -0.427 e. The molecule has 1 aliphatic rings. The molecule has 4 rings (SSSR count). The number of carbonyl (C=O) groups is 1. The molecule has 0 unspecified atom stereocenters. The van der Waals surface area contributed by atoms with Gasteiger partial charge in [-0.3, -0.25) is 9.48 Å². The van der Waals surface area contributed by atoms with E-state index in [-0.39, 0.29) is 23.2 Å². The normalized spacial score (nSPS) is 13.4. The second-order valence-corrected chi connectivity index (χ2v) is 12.1. The molecule has 2 amide bonds. The molecule has 0 radical (unpaired) electrons. The number of carbonyl (C=O) groups excluding carboxylic acids is 1. The van der Waals surface area contributed by atoms with Crippen molar-refractivity contribution in [2.24, 2.45) is 0 Å². The molecule has 0 atom stereocenters. The number of aromatic nitrogens is 3. The Morgan fingerprint density at radius 1 is 1.16 bits per heavy atom. The molecule has 38 heavy (non-hydrogen) atoms. The fraction of sp³-hybridized carbons (Fsp3) is 0.400. The Labute approximate surface area is 221 Å². The monoisotopic (exact) mass is 541 g/mol. The largest absolute Gasteiger partial charge is 0.459 e. The molecule has 1 aliphatic carbocycles. The highest BCUT2D eigenvalue weighted by Crippen LogP contribution is 2.37. The van der Waals surface area contributed by atoms with Gasteiger partial charge >= 0.3 is 13.1 Å². The summed E-state index contributed by atoms with van der Waals surface area (Å²) in [6.07, 6.45) is 5.56. The molecule has 3 aromatic rings. The van der Waals surface area contributed by atoms with Crippen molar-refractivity contribution in [1.82, 2.24) is 19.1 Å². The van der Waals surface area contributed by atoms with Crippen LogP contribution in [0.1, 0.15) is 51.3 Å². The number of nitrogens with zero attached hydrogens (tertiary/aromatic N) is 3. The van der Waals surface area contributed by atoms with E-state index in [2.05, 4.69) is 10.4 Å². The molecule has 0 aliphatic heterocycles. The predicted octanol–water partition coefficient (Wildman–Crippen LogP) is 2.54. The number of sulfonamides is 1. The van der Waals surface area contributed by atoms with Crippen molar-refractivity contribution in [3.05, 3.63) is 64.2 Å². The van der Waals surface area contributed by atoms with Crippen LogP contribution in [-0.4, -0.2) is 46.0 Å². The summed E-state index contributed by atoms with van der Waals surface area (Å²) >= 11 is 0. The van der Waals surface area contributed by atoms with Crippen molar-refractivity contribution in [2.45, 2.75) is 69.9 Å². The smallest absolute Gasteiger partial charge is 0.427 e. The van der Waals surface area contributed by atoms with Crippen molar-refractivity contribution < 1.29 is 23.3 Å². The molecule has 0 spiro atoms. The lowest BCUT2D eigenvalue weighted by atomic mass is 9.60. The van der Waals surface area contributed by atoms with E-state index in [0.29, 0.717) is 23.2 Å². The maximum Gasteiger partial charge on any atom is 0.459 e. The molecule has 0 saturated carbocycles. The van der Waals surface area contributed by atoms with Gasteiger partial charge in [0.05, 0.1) is 5.69 Å². The van der Waals surface area contributed by atoms with Crippen molar-refractivity contribution in [1.29, 1.82) is 0 Å². The van der Waals surface area contributed by atoms with Crippen LogP contribution in [0.2, 0.25) is 5.31 Å². The molecule has 2 aromatic heterocycles. The van der Waals surface area contributed by atoms with Gasteiger partial charge < -0.3 is 19.9 Å². The first kappa shape index (κ1) is 27.6. The van der Waals surface area contributed by atoms with E-state index in [4.69, 9.17) is 0 Å². The van der Waals surface area contributed by atoms with Crippen molar-refractivity contribution in [3.63, 3.8) is 0 Å². The number of amides is 2. The van der Waals surface area contributed by atoms with Crippen LogP contribution in [0.15, 0.2) is 52.5 Å². The third-order valence-corrected chi connectivity index (χ3v) is 7.93. The Morgan fingerprint density at radius 2 is 1.89 bits per heavy atom. The number of hydrogen-bond acceptors (Lipinski definition) is 7. The summed E-state index contributed by atoms with van der Waals surface area (Å²) in [7, 11) is -5.84. The van der Waals surface area contributed by atoms with Gasteiger partial charge in [0.25, 0.3) is 15.6 Å². The van der Waals surface area contributed by atoms with Crippen molar-refractivity contribution >= 4 is 28.9 Å². The average Bonchev–Trinajstić information content (AvgIpc) is 3.51. The van der Waals surface area contributed by atoms with E-state index < -0.39 is 28.5 Å². The van der Waals surface area contributed by atoms with Gasteiger partial charge in [-0.1, -0.05) is 26.0 Å². The van der Waals surface area contributed by atoms with E-state index in [0.717, 1.165) is 24.0 Å². The van der Waals surface area contributed by atoms with Crippen LogP contribution in [-0.2, 0) is 29.4 Å². The molecular weight excluding hydrogens is 509 g/mol. The molecule has 11 nitrogen and oxygen atoms in total. The fourth-order valence-electron chi connectivity index (χ4n) is 4.45. The Bertz CT molecular complexity index is 1530. The van der Waals surface area contributed by atoms with Crippen LogP contribution in [0.5, 0.6) is 0 Å². The summed E-state index contributed by atoms with van der Waals surface area (Å²) in [6, 6.07) is 7.15. The molecule has 0 bridgehead atoms. The standard InChI is InChI=1S/C25H32BN5O6S/c1-16(2)31-13-12-21(28-31)38(36,37)29-24(33)27-23-19-7-5-6-17(19)8-10-20(23)18-9-11-22(32)30(14-18)15-25(3,4)26(34)35/h8-14,16,34-35H,5-7,15H2,1-4H3,(H2,27,29,33). The van der Waals surface area contributed by atoms with Crippen LogP contribution in [0.25, 0.3) is 11.1 Å². The second kappa shape index (κ2) is 10.4. The van der Waals surface area contributed by atoms with Gasteiger partial charge in [-0.05, 0) is 56.4 Å². The summed E-state index contributed by atoms with van der Waals surface area (Å²) in [5, 5.41) is 24.9. The van der Waals surface area contributed by atoms with E-state index in [9.17, 15) is 28.1 Å². The number of aryl methyl sites for hydroxylation is 1. The van der Waals surface area contributed by atoms with Gasteiger partial charge in [0.2, 0.25) is 0 Å². The number of fused-ring (bicyclic) bond motifs is 1. The lowest BCUT2D eigenvalue weighted by Gasteiger charge is -2.24. The highest BCUT2D eigenvalue weighted by atomic mass is 32.2. The molecule has 202 valence electrons. The number of nitrogens with one attached hydrogen (secondary N) is 2. The second-order valence-electron chi connectivity index (χ2n) is 10.5. The molecule has 13 heteroatoms. The average molecular weight is 541 g/mol. The third-order valence-electron chi connectivity index (χ3n) is 6.71. The lowest BCUT2D eigenvalue weighted by molar-refractivity contribution is 0.256. The molecular formula is C25H32BN5O6S. The van der Waals surface area contributed by atoms with Crippen LogP contribution in [0.3, 0.4) is 0 Å². The van der Waals surface area contributed by atoms with Gasteiger partial charge in [-0.2, -0.15) is 13.5 Å². The number of anilines is 1. The molecule has 0 fully saturated rings. The van der Waals surface area contributed by atoms with E-state index >= 15 is 0 Å². The third kappa shape index (κ3) is 5.69. The highest BCUT2D eigenvalue weighted by molar-refractivity contribution is 7.90. The Morgan fingerprint density at radius 3 is 2.55 bits per heavy atom. The minimum absolute atomic E-state index is 0.0447. The molecule has 0 saturated heterocycles. The van der Waals surface area contributed by atoms with Crippen LogP contribution >= 0.6 is 0 Å². The number of hydrogen-bond donors (Lipinski definition) is 4. The summed E-state index contributed by atoms with van der Waals surface area (Å²) in [5.41, 5.74) is 3.33. The summed E-state index contributed by atoms with van der Waals surface area (Å²) in [5.74, 6) is 0. The fourth-order valence-corrected chi connectivity index (χ4v) is 5.29. The maximum absolute atomic E-state index is 13.0. The first-order chi connectivity index (χ1) is 17.8. The summed E-state index contributed by atoms with van der Waals surface area (Å²) < 4.78 is 30.5. The zero-order valence-electron chi connectivity index (χ0n) is 21.8. The van der Waals surface area contributed by atoms with E-state index in [1.54, 1.807) is 26.1 Å². The number of pyridine rings is 1. The zero-order chi connectivity index (χ0) is 27.8. The van der Waals surface area contributed by atoms with E-state index in [1.165, 1.54) is 27.6 Å². The quantitative estimate of drug-likeness (QED) is 0.320. The zero-order valence-corrected chi connectivity index (χ0v) is 22.6. The number of rotatable bonds is 8. The highest BCUT2D eigenvalue weighted by Gasteiger charge is 2.33. The van der Waals surface area contributed by atoms with Gasteiger partial charge in [-0.15, -0.1) is 0 Å². The Kier molecular flexibility index (Phi) is 7.55. The lowest BCUT2D eigenvalue weighted by Crippen LogP contribution is -2.35. The number of urea groups is 1. The van der Waals surface area contributed by atoms with Crippen molar-refractivity contribution in [3.8, 4) is 11.1 Å². The first-order valence-corrected chi connectivity index (χ1v) is 13.9. The summed E-state index contributed by atoms with van der Waals surface area (Å²) in [6.45, 7) is 7.03. The maximum atomic E-state index is 13.0. The van der Waals surface area contributed by atoms with Gasteiger partial charge in [0.1, 0.15) is 0 Å². The molecule has 1 aromatic carbocycles. The van der Waals surface area contributed by atoms with Crippen LogP contribution < -0.4 is 15.6 Å². The van der Waals surface area contributed by atoms with Gasteiger partial charge in [-0.25, -0.2) is 9.52 Å². The van der Waals surface area contributed by atoms with Gasteiger partial charge in [0.15, 0.2) is 5.03 Å².